The standard InChI is InChI=1S/C31H24N2O8S/c1-2-38-30(37)26-27(19-6-4-3-5-7-19)32-31-33(28(26)20-10-13-22-23(15-20)41-17-40-22)29(36)24(42-31)14-18-8-11-21(12-9-18)39-16-25(34)35/h3-15,28H,2,16-17H2,1H3,(H,34,35)/b24-14+. The van der Waals surface area contributed by atoms with Crippen LogP contribution >= 0.6 is 11.3 Å². The molecule has 1 aromatic heterocycles. The minimum absolute atomic E-state index is 0.0809. The van der Waals surface area contributed by atoms with Gasteiger partial charge < -0.3 is 24.1 Å². The van der Waals surface area contributed by atoms with Crippen LogP contribution in [-0.4, -0.2) is 41.6 Å². The number of nitrogens with zero attached hydrogens (tertiary/aromatic N) is 2. The van der Waals surface area contributed by atoms with E-state index in [0.717, 1.165) is 0 Å². The molecular formula is C31H24N2O8S. The highest BCUT2D eigenvalue weighted by atomic mass is 32.1. The molecule has 2 aliphatic rings. The summed E-state index contributed by atoms with van der Waals surface area (Å²) in [6.07, 6.45) is 1.72. The van der Waals surface area contributed by atoms with Gasteiger partial charge in [-0.05, 0) is 48.4 Å². The number of fused-ring (bicyclic) bond motifs is 2. The van der Waals surface area contributed by atoms with Gasteiger partial charge >= 0.3 is 11.9 Å². The number of carboxylic acids is 1. The third kappa shape index (κ3) is 5.17. The van der Waals surface area contributed by atoms with Crippen LogP contribution in [0.25, 0.3) is 11.8 Å². The Bertz CT molecular complexity index is 1890. The molecule has 0 saturated carbocycles. The fourth-order valence-electron chi connectivity index (χ4n) is 4.80. The molecule has 0 amide bonds. The molecule has 4 aromatic rings. The van der Waals surface area contributed by atoms with Crippen molar-refractivity contribution in [3.8, 4) is 17.2 Å². The summed E-state index contributed by atoms with van der Waals surface area (Å²) in [7, 11) is 0. The summed E-state index contributed by atoms with van der Waals surface area (Å²) in [5.74, 6) is -0.165. The maximum atomic E-state index is 14.0. The molecule has 0 spiro atoms. The minimum Gasteiger partial charge on any atom is -0.482 e. The van der Waals surface area contributed by atoms with E-state index in [1.165, 1.54) is 15.9 Å². The maximum absolute atomic E-state index is 14.0. The van der Waals surface area contributed by atoms with Gasteiger partial charge in [0, 0.05) is 5.56 Å². The fourth-order valence-corrected chi connectivity index (χ4v) is 5.80. The molecule has 0 aliphatic carbocycles. The average molecular weight is 585 g/mol. The lowest BCUT2D eigenvalue weighted by molar-refractivity contribution is -0.140. The van der Waals surface area contributed by atoms with Crippen molar-refractivity contribution in [1.29, 1.82) is 0 Å². The Kier molecular flexibility index (Phi) is 7.32. The second-order valence-corrected chi connectivity index (χ2v) is 10.3. The van der Waals surface area contributed by atoms with Crippen molar-refractivity contribution in [3.05, 3.63) is 115 Å². The van der Waals surface area contributed by atoms with Gasteiger partial charge in [0.05, 0.1) is 28.5 Å². The van der Waals surface area contributed by atoms with E-state index in [1.54, 1.807) is 55.5 Å². The van der Waals surface area contributed by atoms with Gasteiger partial charge in [-0.3, -0.25) is 9.36 Å². The summed E-state index contributed by atoms with van der Waals surface area (Å²) >= 11 is 1.20. The lowest BCUT2D eigenvalue weighted by Gasteiger charge is -2.26. The highest BCUT2D eigenvalue weighted by Crippen LogP contribution is 2.40. The molecule has 0 saturated heterocycles. The van der Waals surface area contributed by atoms with Crippen LogP contribution in [0.3, 0.4) is 0 Å². The number of hydrogen-bond acceptors (Lipinski definition) is 9. The summed E-state index contributed by atoms with van der Waals surface area (Å²) in [5.41, 5.74) is 2.38. The number of ether oxygens (including phenoxy) is 4. The average Bonchev–Trinajstić information content (AvgIpc) is 3.60. The Labute approximate surface area is 243 Å². The minimum atomic E-state index is -1.07. The molecule has 0 radical (unpaired) electrons. The number of thiazole rings is 1. The third-order valence-electron chi connectivity index (χ3n) is 6.63. The quantitative estimate of drug-likeness (QED) is 0.313. The maximum Gasteiger partial charge on any atom is 0.341 e. The zero-order valence-electron chi connectivity index (χ0n) is 22.3. The van der Waals surface area contributed by atoms with E-state index in [0.29, 0.717) is 49.0 Å². The molecule has 1 unspecified atom stereocenters. The highest BCUT2D eigenvalue weighted by molar-refractivity contribution is 7.07. The lowest BCUT2D eigenvalue weighted by atomic mass is 9.93. The number of carbonyl (C=O) groups is 2. The van der Waals surface area contributed by atoms with Gasteiger partial charge in [-0.25, -0.2) is 14.6 Å². The van der Waals surface area contributed by atoms with Crippen molar-refractivity contribution in [1.82, 2.24) is 4.57 Å². The molecule has 2 aliphatic heterocycles. The first-order valence-electron chi connectivity index (χ1n) is 13.1. The first kappa shape index (κ1) is 27.0. The van der Waals surface area contributed by atoms with Crippen LogP contribution in [0.4, 0.5) is 0 Å². The Morgan fingerprint density at radius 2 is 1.83 bits per heavy atom. The lowest BCUT2D eigenvalue weighted by Crippen LogP contribution is -2.40. The number of rotatable bonds is 8. The van der Waals surface area contributed by atoms with E-state index >= 15 is 0 Å². The van der Waals surface area contributed by atoms with E-state index in [-0.39, 0.29) is 24.5 Å². The predicted molar refractivity (Wildman–Crippen MR) is 153 cm³/mol. The molecule has 3 aromatic carbocycles. The second-order valence-electron chi connectivity index (χ2n) is 9.30. The van der Waals surface area contributed by atoms with Crippen LogP contribution in [-0.2, 0) is 14.3 Å². The van der Waals surface area contributed by atoms with Crippen LogP contribution in [0.15, 0.2) is 88.2 Å². The van der Waals surface area contributed by atoms with Gasteiger partial charge in [0.15, 0.2) is 22.9 Å². The van der Waals surface area contributed by atoms with Crippen LogP contribution in [0.5, 0.6) is 17.2 Å². The van der Waals surface area contributed by atoms with Gasteiger partial charge in [-0.1, -0.05) is 59.9 Å². The van der Waals surface area contributed by atoms with E-state index in [2.05, 4.69) is 0 Å². The van der Waals surface area contributed by atoms with Crippen molar-refractivity contribution in [3.63, 3.8) is 0 Å². The highest BCUT2D eigenvalue weighted by Gasteiger charge is 2.36. The summed E-state index contributed by atoms with van der Waals surface area (Å²) in [5, 5.41) is 8.84. The van der Waals surface area contributed by atoms with E-state index in [1.807, 2.05) is 30.3 Å². The van der Waals surface area contributed by atoms with E-state index in [9.17, 15) is 14.4 Å². The van der Waals surface area contributed by atoms with Crippen LogP contribution < -0.4 is 29.1 Å². The van der Waals surface area contributed by atoms with Gasteiger partial charge in [-0.15, -0.1) is 0 Å². The Morgan fingerprint density at radius 1 is 1.07 bits per heavy atom. The van der Waals surface area contributed by atoms with E-state index < -0.39 is 24.6 Å². The first-order chi connectivity index (χ1) is 20.4. The normalized spacial score (nSPS) is 15.6. The van der Waals surface area contributed by atoms with Gasteiger partial charge in [-0.2, -0.15) is 0 Å². The number of aliphatic carboxylic acids is 1. The Balaban J connectivity index is 1.54. The third-order valence-corrected chi connectivity index (χ3v) is 7.61. The molecule has 42 heavy (non-hydrogen) atoms. The number of carbonyl (C=O) groups excluding carboxylic acids is 1. The molecule has 0 bridgehead atoms. The summed E-state index contributed by atoms with van der Waals surface area (Å²) in [6.45, 7) is 1.50. The van der Waals surface area contributed by atoms with Crippen molar-refractivity contribution >= 4 is 35.0 Å². The molecule has 1 N–H and O–H groups in total. The van der Waals surface area contributed by atoms with Crippen LogP contribution in [0.1, 0.15) is 29.7 Å². The van der Waals surface area contributed by atoms with E-state index in [4.69, 9.17) is 29.0 Å². The van der Waals surface area contributed by atoms with Crippen molar-refractivity contribution in [2.24, 2.45) is 4.99 Å². The summed E-state index contributed by atoms with van der Waals surface area (Å²) in [4.78, 5) is 43.6. The largest absolute Gasteiger partial charge is 0.482 e. The number of benzene rings is 3. The molecule has 0 fully saturated rings. The number of aromatic nitrogens is 1. The van der Waals surface area contributed by atoms with Crippen molar-refractivity contribution in [2.75, 3.05) is 20.0 Å². The Hall–Kier alpha value is -5.16. The number of esters is 1. The molecule has 212 valence electrons. The topological polar surface area (TPSA) is 126 Å². The molecule has 10 nitrogen and oxygen atoms in total. The summed E-state index contributed by atoms with van der Waals surface area (Å²) in [6, 6.07) is 20.5. The second kappa shape index (κ2) is 11.4. The van der Waals surface area contributed by atoms with Gasteiger partial charge in [0.25, 0.3) is 5.56 Å². The smallest absolute Gasteiger partial charge is 0.341 e. The molecule has 11 heteroatoms. The molecular weight excluding hydrogens is 560 g/mol. The van der Waals surface area contributed by atoms with Crippen molar-refractivity contribution in [2.45, 2.75) is 13.0 Å². The Morgan fingerprint density at radius 3 is 2.57 bits per heavy atom. The van der Waals surface area contributed by atoms with Gasteiger partial charge in [0.2, 0.25) is 6.79 Å². The fraction of sp³-hybridized carbons (Fsp3) is 0.161. The molecule has 3 heterocycles. The summed E-state index contributed by atoms with van der Waals surface area (Å²) < 4.78 is 23.7. The first-order valence-corrected chi connectivity index (χ1v) is 13.9. The molecule has 6 rings (SSSR count). The van der Waals surface area contributed by atoms with Crippen LogP contribution in [0, 0.1) is 0 Å². The number of hydrogen-bond donors (Lipinski definition) is 1. The predicted octanol–water partition coefficient (Wildman–Crippen LogP) is 3.13. The number of carboxylic acid groups (broad SMARTS) is 1. The van der Waals surface area contributed by atoms with Gasteiger partial charge in [0.1, 0.15) is 5.75 Å². The van der Waals surface area contributed by atoms with Crippen molar-refractivity contribution < 1.29 is 33.6 Å². The molecule has 1 atom stereocenters. The monoisotopic (exact) mass is 584 g/mol. The zero-order valence-corrected chi connectivity index (χ0v) is 23.1. The SMILES string of the molecule is CCOC(=O)C1=C(c2ccccc2)N=c2s/c(=C/c3ccc(OCC(=O)O)cc3)c(=O)n2C1c1ccc2c(c1)OCO2. The van der Waals surface area contributed by atoms with Crippen LogP contribution in [0.2, 0.25) is 0 Å². The zero-order chi connectivity index (χ0) is 29.2.